The van der Waals surface area contributed by atoms with Crippen molar-refractivity contribution in [3.63, 3.8) is 0 Å². The summed E-state index contributed by atoms with van der Waals surface area (Å²) in [7, 11) is 1.65. The lowest BCUT2D eigenvalue weighted by molar-refractivity contribution is 0.0650. The fourth-order valence-electron chi connectivity index (χ4n) is 3.87. The van der Waals surface area contributed by atoms with Crippen molar-refractivity contribution in [1.29, 1.82) is 0 Å². The van der Waals surface area contributed by atoms with Gasteiger partial charge in [-0.15, -0.1) is 0 Å². The van der Waals surface area contributed by atoms with Gasteiger partial charge in [-0.3, -0.25) is 9.59 Å². The van der Waals surface area contributed by atoms with Crippen LogP contribution >= 0.6 is 11.8 Å². The zero-order valence-corrected chi connectivity index (χ0v) is 18.7. The summed E-state index contributed by atoms with van der Waals surface area (Å²) in [5.41, 5.74) is 1.18. The number of benzene rings is 3. The van der Waals surface area contributed by atoms with Crippen molar-refractivity contribution in [2.75, 3.05) is 20.2 Å². The average molecular weight is 448 g/mol. The molecule has 3 aromatic rings. The van der Waals surface area contributed by atoms with E-state index in [9.17, 15) is 14.7 Å². The smallest absolute Gasteiger partial charge is 0.253 e. The molecule has 0 aromatic heterocycles. The summed E-state index contributed by atoms with van der Waals surface area (Å²) in [6.45, 7) is 1.08. The normalized spacial score (nSPS) is 14.2. The first-order chi connectivity index (χ1) is 15.5. The van der Waals surface area contributed by atoms with E-state index in [0.29, 0.717) is 37.1 Å². The van der Waals surface area contributed by atoms with Crippen molar-refractivity contribution in [3.8, 4) is 11.5 Å². The van der Waals surface area contributed by atoms with E-state index in [2.05, 4.69) is 0 Å². The Labute approximate surface area is 192 Å². The van der Waals surface area contributed by atoms with Crippen LogP contribution in [-0.2, 0) is 0 Å². The third-order valence-electron chi connectivity index (χ3n) is 5.68. The van der Waals surface area contributed by atoms with Crippen LogP contribution in [0.1, 0.15) is 33.6 Å². The molecule has 164 valence electrons. The van der Waals surface area contributed by atoms with Crippen molar-refractivity contribution in [2.24, 2.45) is 5.92 Å². The molecule has 1 aliphatic heterocycles. The third-order valence-corrected chi connectivity index (χ3v) is 6.70. The van der Waals surface area contributed by atoms with Gasteiger partial charge in [0.1, 0.15) is 11.5 Å². The number of rotatable bonds is 6. The number of hydrogen-bond acceptors (Lipinski definition) is 5. The van der Waals surface area contributed by atoms with Crippen molar-refractivity contribution in [1.82, 2.24) is 4.90 Å². The number of carbonyl (C=O) groups excluding carboxylic acids is 2. The second-order valence-electron chi connectivity index (χ2n) is 7.78. The number of aromatic hydroxyl groups is 1. The van der Waals surface area contributed by atoms with Crippen molar-refractivity contribution in [3.05, 3.63) is 83.9 Å². The highest BCUT2D eigenvalue weighted by Crippen LogP contribution is 2.30. The summed E-state index contributed by atoms with van der Waals surface area (Å²) >= 11 is 1.64. The first-order valence-corrected chi connectivity index (χ1v) is 11.4. The largest absolute Gasteiger partial charge is 0.508 e. The molecular formula is C26H25NO4S. The number of phenolic OH excluding ortho intramolecular Hbond substituents is 1. The zero-order valence-electron chi connectivity index (χ0n) is 17.9. The van der Waals surface area contributed by atoms with E-state index in [1.54, 1.807) is 42.0 Å². The molecule has 1 heterocycles. The number of phenols is 1. The second kappa shape index (κ2) is 9.92. The van der Waals surface area contributed by atoms with Gasteiger partial charge in [0, 0.05) is 39.9 Å². The maximum atomic E-state index is 13.0. The highest BCUT2D eigenvalue weighted by Gasteiger charge is 2.28. The molecule has 0 saturated carbocycles. The molecule has 0 unspecified atom stereocenters. The predicted octanol–water partition coefficient (Wildman–Crippen LogP) is 5.29. The van der Waals surface area contributed by atoms with E-state index in [4.69, 9.17) is 4.74 Å². The minimum atomic E-state index is -0.105. The molecule has 5 nitrogen and oxygen atoms in total. The molecule has 1 N–H and O–H groups in total. The lowest BCUT2D eigenvalue weighted by Gasteiger charge is -2.31. The molecule has 0 bridgehead atoms. The summed E-state index contributed by atoms with van der Waals surface area (Å²) < 4.78 is 5.19. The molecule has 1 amide bonds. The lowest BCUT2D eigenvalue weighted by Crippen LogP contribution is -2.40. The Bertz CT molecular complexity index is 1090. The summed E-state index contributed by atoms with van der Waals surface area (Å²) in [6, 6.07) is 22.0. The van der Waals surface area contributed by atoms with Crippen LogP contribution in [0.4, 0.5) is 0 Å². The highest BCUT2D eigenvalue weighted by atomic mass is 32.2. The molecule has 1 fully saturated rings. The van der Waals surface area contributed by atoms with E-state index in [1.807, 2.05) is 48.5 Å². The molecule has 4 rings (SSSR count). The van der Waals surface area contributed by atoms with Crippen LogP contribution in [0.5, 0.6) is 11.5 Å². The van der Waals surface area contributed by atoms with Gasteiger partial charge in [-0.25, -0.2) is 0 Å². The lowest BCUT2D eigenvalue weighted by atomic mass is 9.88. The van der Waals surface area contributed by atoms with Gasteiger partial charge in [0.2, 0.25) is 0 Å². The Morgan fingerprint density at radius 2 is 1.53 bits per heavy atom. The highest BCUT2D eigenvalue weighted by molar-refractivity contribution is 7.99. The van der Waals surface area contributed by atoms with Crippen LogP contribution in [0.25, 0.3) is 0 Å². The second-order valence-corrected chi connectivity index (χ2v) is 8.93. The van der Waals surface area contributed by atoms with Crippen LogP contribution in [0.2, 0.25) is 0 Å². The summed E-state index contributed by atoms with van der Waals surface area (Å²) in [5.74, 6) is 0.852. The monoisotopic (exact) mass is 447 g/mol. The Morgan fingerprint density at radius 3 is 2.12 bits per heavy atom. The molecule has 0 atom stereocenters. The molecular weight excluding hydrogens is 422 g/mol. The number of ether oxygens (including phenoxy) is 1. The number of carbonyl (C=O) groups is 2. The number of piperidine rings is 1. The molecule has 0 radical (unpaired) electrons. The topological polar surface area (TPSA) is 66.8 Å². The van der Waals surface area contributed by atoms with Crippen LogP contribution in [-0.4, -0.2) is 41.9 Å². The Balaban J connectivity index is 1.33. The Morgan fingerprint density at radius 1 is 0.906 bits per heavy atom. The van der Waals surface area contributed by atoms with Crippen molar-refractivity contribution >= 4 is 23.5 Å². The number of amides is 1. The Kier molecular flexibility index (Phi) is 6.81. The van der Waals surface area contributed by atoms with E-state index in [-0.39, 0.29) is 23.4 Å². The molecule has 6 heteroatoms. The number of methoxy groups -OCH3 is 1. The van der Waals surface area contributed by atoms with Gasteiger partial charge in [-0.2, -0.15) is 0 Å². The number of ketones is 1. The van der Waals surface area contributed by atoms with E-state index < -0.39 is 0 Å². The summed E-state index contributed by atoms with van der Waals surface area (Å²) in [4.78, 5) is 29.5. The minimum absolute atomic E-state index is 0.0783. The standard InChI is InChI=1S/C26H25NO4S/c1-31-22-7-11-24(12-8-22)32-23-9-5-18(6-10-23)25(29)19-13-15-27(16-14-19)26(30)20-3-2-4-21(28)17-20/h2-12,17,19,28H,13-16H2,1H3. The molecule has 1 saturated heterocycles. The average Bonchev–Trinajstić information content (AvgIpc) is 2.84. The van der Waals surface area contributed by atoms with Gasteiger partial charge in [0.25, 0.3) is 5.91 Å². The van der Waals surface area contributed by atoms with Gasteiger partial charge in [-0.05, 0) is 67.4 Å². The van der Waals surface area contributed by atoms with E-state index in [0.717, 1.165) is 15.5 Å². The summed E-state index contributed by atoms with van der Waals surface area (Å²) in [6.07, 6.45) is 1.29. The number of Topliss-reactive ketones (excluding diaryl/α,β-unsaturated/α-hetero) is 1. The van der Waals surface area contributed by atoms with Crippen LogP contribution < -0.4 is 4.74 Å². The quantitative estimate of drug-likeness (QED) is 0.520. The maximum Gasteiger partial charge on any atom is 0.253 e. The van der Waals surface area contributed by atoms with Gasteiger partial charge in [-0.1, -0.05) is 30.0 Å². The fourth-order valence-corrected chi connectivity index (χ4v) is 4.69. The van der Waals surface area contributed by atoms with Gasteiger partial charge < -0.3 is 14.7 Å². The summed E-state index contributed by atoms with van der Waals surface area (Å²) in [5, 5.41) is 9.60. The van der Waals surface area contributed by atoms with E-state index in [1.165, 1.54) is 6.07 Å². The van der Waals surface area contributed by atoms with Gasteiger partial charge in [0.05, 0.1) is 7.11 Å². The SMILES string of the molecule is COc1ccc(Sc2ccc(C(=O)C3CCN(C(=O)c4cccc(O)c4)CC3)cc2)cc1. The molecule has 3 aromatic carbocycles. The molecule has 0 aliphatic carbocycles. The van der Waals surface area contributed by atoms with Crippen LogP contribution in [0.3, 0.4) is 0 Å². The number of nitrogens with zero attached hydrogens (tertiary/aromatic N) is 1. The van der Waals surface area contributed by atoms with Gasteiger partial charge in [0.15, 0.2) is 5.78 Å². The predicted molar refractivity (Wildman–Crippen MR) is 125 cm³/mol. The third kappa shape index (κ3) is 5.14. The van der Waals surface area contributed by atoms with Crippen molar-refractivity contribution < 1.29 is 19.4 Å². The zero-order chi connectivity index (χ0) is 22.5. The number of hydrogen-bond donors (Lipinski definition) is 1. The maximum absolute atomic E-state index is 13.0. The van der Waals surface area contributed by atoms with Crippen LogP contribution in [0.15, 0.2) is 82.6 Å². The first-order valence-electron chi connectivity index (χ1n) is 10.6. The molecule has 32 heavy (non-hydrogen) atoms. The first kappa shape index (κ1) is 22.0. The van der Waals surface area contributed by atoms with Crippen LogP contribution in [0, 0.1) is 5.92 Å². The van der Waals surface area contributed by atoms with Crippen molar-refractivity contribution in [2.45, 2.75) is 22.6 Å². The minimum Gasteiger partial charge on any atom is -0.508 e. The molecule has 1 aliphatic rings. The van der Waals surface area contributed by atoms with E-state index >= 15 is 0 Å². The number of likely N-dealkylation sites (tertiary alicyclic amines) is 1. The molecule has 0 spiro atoms. The fraction of sp³-hybridized carbons (Fsp3) is 0.231. The van der Waals surface area contributed by atoms with Gasteiger partial charge >= 0.3 is 0 Å². The Hall–Kier alpha value is -3.25.